The van der Waals surface area contributed by atoms with Crippen LogP contribution in [0.15, 0.2) is 52.4 Å². The minimum Gasteiger partial charge on any atom is -0.465 e. The second-order valence-electron chi connectivity index (χ2n) is 6.24. The summed E-state index contributed by atoms with van der Waals surface area (Å²) in [6.07, 6.45) is 0. The monoisotopic (exact) mass is 450 g/mol. The third kappa shape index (κ3) is 4.65. The minimum atomic E-state index is -3.48. The molecule has 0 atom stereocenters. The van der Waals surface area contributed by atoms with E-state index in [0.717, 1.165) is 11.3 Å². The summed E-state index contributed by atoms with van der Waals surface area (Å²) in [6, 6.07) is 9.66. The Morgan fingerprint density at radius 2 is 1.93 bits per heavy atom. The van der Waals surface area contributed by atoms with E-state index in [1.807, 2.05) is 0 Å². The highest BCUT2D eigenvalue weighted by Gasteiger charge is 2.16. The molecule has 30 heavy (non-hydrogen) atoms. The molecule has 0 saturated carbocycles. The number of rotatable bonds is 6. The van der Waals surface area contributed by atoms with Gasteiger partial charge in [-0.15, -0.1) is 0 Å². The largest absolute Gasteiger partial charge is 0.465 e. The van der Waals surface area contributed by atoms with Gasteiger partial charge in [-0.2, -0.15) is 4.99 Å². The topological polar surface area (TPSA) is 94.8 Å². The van der Waals surface area contributed by atoms with E-state index in [0.29, 0.717) is 10.2 Å². The van der Waals surface area contributed by atoms with E-state index in [2.05, 4.69) is 4.99 Å². The average Bonchev–Trinajstić information content (AvgIpc) is 3.04. The number of thiazole rings is 1. The molecule has 0 unspecified atom stereocenters. The number of aromatic nitrogens is 1. The Bertz CT molecular complexity index is 1290. The zero-order valence-electron chi connectivity index (χ0n) is 16.3. The van der Waals surface area contributed by atoms with Crippen molar-refractivity contribution in [1.29, 1.82) is 0 Å². The van der Waals surface area contributed by atoms with Crippen LogP contribution >= 0.6 is 11.3 Å². The van der Waals surface area contributed by atoms with E-state index in [4.69, 9.17) is 4.74 Å². The molecule has 3 aromatic rings. The molecule has 0 aliphatic heterocycles. The lowest BCUT2D eigenvalue weighted by molar-refractivity contribution is -0.143. The molecule has 0 radical (unpaired) electrons. The summed E-state index contributed by atoms with van der Waals surface area (Å²) >= 11 is 1.04. The summed E-state index contributed by atoms with van der Waals surface area (Å²) in [5.41, 5.74) is 0.624. The van der Waals surface area contributed by atoms with Gasteiger partial charge in [-0.1, -0.05) is 24.3 Å². The average molecular weight is 451 g/mol. The second kappa shape index (κ2) is 8.88. The van der Waals surface area contributed by atoms with Gasteiger partial charge in [0.2, 0.25) is 0 Å². The quantitative estimate of drug-likeness (QED) is 0.538. The van der Waals surface area contributed by atoms with Crippen LogP contribution in [0.25, 0.3) is 10.2 Å². The Hall–Kier alpha value is -2.85. The van der Waals surface area contributed by atoms with E-state index in [-0.39, 0.29) is 34.2 Å². The molecule has 0 N–H and O–H groups in total. The first-order valence-corrected chi connectivity index (χ1v) is 11.6. The lowest BCUT2D eigenvalue weighted by Gasteiger charge is -2.05. The number of sulfone groups is 1. The van der Waals surface area contributed by atoms with Crippen LogP contribution in [0.1, 0.15) is 24.2 Å². The van der Waals surface area contributed by atoms with Gasteiger partial charge in [-0.25, -0.2) is 12.8 Å². The van der Waals surface area contributed by atoms with Crippen LogP contribution in [0.3, 0.4) is 0 Å². The fourth-order valence-corrected chi connectivity index (χ4v) is 4.74. The molecule has 2 aromatic carbocycles. The van der Waals surface area contributed by atoms with Gasteiger partial charge in [0.15, 0.2) is 14.6 Å². The summed E-state index contributed by atoms with van der Waals surface area (Å²) in [7, 11) is -3.48. The van der Waals surface area contributed by atoms with E-state index >= 15 is 0 Å². The predicted octanol–water partition coefficient (Wildman–Crippen LogP) is 2.94. The normalized spacial score (nSPS) is 12.3. The summed E-state index contributed by atoms with van der Waals surface area (Å²) in [6.45, 7) is 3.19. The van der Waals surface area contributed by atoms with Gasteiger partial charge in [-0.3, -0.25) is 9.59 Å². The Balaban J connectivity index is 2.10. The van der Waals surface area contributed by atoms with E-state index in [9.17, 15) is 22.4 Å². The number of carbonyl (C=O) groups is 2. The first kappa shape index (κ1) is 21.8. The zero-order valence-corrected chi connectivity index (χ0v) is 17.9. The van der Waals surface area contributed by atoms with Crippen LogP contribution in [0.5, 0.6) is 0 Å². The van der Waals surface area contributed by atoms with Gasteiger partial charge in [0.05, 0.1) is 27.5 Å². The van der Waals surface area contributed by atoms with Gasteiger partial charge < -0.3 is 9.30 Å². The smallest absolute Gasteiger partial charge is 0.326 e. The Morgan fingerprint density at radius 1 is 1.17 bits per heavy atom. The van der Waals surface area contributed by atoms with Gasteiger partial charge in [0, 0.05) is 5.56 Å². The number of fused-ring (bicyclic) bond motifs is 1. The van der Waals surface area contributed by atoms with Crippen LogP contribution in [0.4, 0.5) is 4.39 Å². The fraction of sp³-hybridized carbons (Fsp3) is 0.250. The first-order valence-electron chi connectivity index (χ1n) is 9.11. The van der Waals surface area contributed by atoms with Crippen molar-refractivity contribution in [2.24, 2.45) is 4.99 Å². The number of hydrogen-bond donors (Lipinski definition) is 0. The molecule has 1 aromatic heterocycles. The number of hydrogen-bond acceptors (Lipinski definition) is 6. The maximum atomic E-state index is 13.6. The molecular formula is C20H19FN2O5S2. The number of esters is 1. The number of benzene rings is 2. The molecule has 0 aliphatic rings. The lowest BCUT2D eigenvalue weighted by atomic mass is 10.2. The molecule has 1 amide bonds. The molecule has 0 bridgehead atoms. The standard InChI is InChI=1S/C20H19FN2O5S2/c1-3-28-18(24)12-23-16-9-8-14(21)11-17(16)29-20(23)22-19(25)13-6-5-7-15(10-13)30(26,27)4-2/h5-11H,3-4,12H2,1-2H3. The highest BCUT2D eigenvalue weighted by molar-refractivity contribution is 7.91. The molecular weight excluding hydrogens is 431 g/mol. The summed E-state index contributed by atoms with van der Waals surface area (Å²) in [5, 5.41) is 0. The number of carbonyl (C=O) groups excluding carboxylic acids is 2. The predicted molar refractivity (Wildman–Crippen MR) is 110 cm³/mol. The van der Waals surface area contributed by atoms with Crippen molar-refractivity contribution in [3.8, 4) is 0 Å². The fourth-order valence-electron chi connectivity index (χ4n) is 2.76. The molecule has 158 valence electrons. The molecule has 0 saturated heterocycles. The van der Waals surface area contributed by atoms with Gasteiger partial charge in [0.25, 0.3) is 5.91 Å². The maximum Gasteiger partial charge on any atom is 0.326 e. The third-order valence-corrected chi connectivity index (χ3v) is 7.03. The van der Waals surface area contributed by atoms with Crippen LogP contribution in [-0.2, 0) is 25.9 Å². The molecule has 0 aliphatic carbocycles. The summed E-state index contributed by atoms with van der Waals surface area (Å²) < 4.78 is 44.8. The number of amides is 1. The van der Waals surface area contributed by atoms with Crippen molar-refractivity contribution in [3.05, 3.63) is 58.6 Å². The summed E-state index contributed by atoms with van der Waals surface area (Å²) in [4.78, 5) is 29.0. The van der Waals surface area contributed by atoms with E-state index in [1.54, 1.807) is 6.92 Å². The van der Waals surface area contributed by atoms with Crippen molar-refractivity contribution < 1.29 is 27.1 Å². The summed E-state index contributed by atoms with van der Waals surface area (Å²) in [5.74, 6) is -1.75. The van der Waals surface area contributed by atoms with Crippen molar-refractivity contribution >= 4 is 43.3 Å². The van der Waals surface area contributed by atoms with E-state index < -0.39 is 27.5 Å². The Kier molecular flexibility index (Phi) is 6.47. The molecule has 3 rings (SSSR count). The van der Waals surface area contributed by atoms with Crippen molar-refractivity contribution in [2.75, 3.05) is 12.4 Å². The lowest BCUT2D eigenvalue weighted by Crippen LogP contribution is -2.23. The highest BCUT2D eigenvalue weighted by Crippen LogP contribution is 2.19. The maximum absolute atomic E-state index is 13.6. The number of nitrogens with zero attached hydrogens (tertiary/aromatic N) is 2. The number of ether oxygens (including phenoxy) is 1. The molecule has 7 nitrogen and oxygen atoms in total. The second-order valence-corrected chi connectivity index (χ2v) is 9.52. The zero-order chi connectivity index (χ0) is 21.9. The molecule has 0 spiro atoms. The molecule has 0 fully saturated rings. The minimum absolute atomic E-state index is 0.0314. The van der Waals surface area contributed by atoms with Crippen LogP contribution in [0.2, 0.25) is 0 Å². The van der Waals surface area contributed by atoms with Gasteiger partial charge in [0.1, 0.15) is 12.4 Å². The SMILES string of the molecule is CCOC(=O)Cn1c(=NC(=O)c2cccc(S(=O)(=O)CC)c2)sc2cc(F)ccc21. The van der Waals surface area contributed by atoms with Crippen LogP contribution in [-0.4, -0.2) is 37.2 Å². The molecule has 1 heterocycles. The third-order valence-electron chi connectivity index (χ3n) is 4.25. The van der Waals surface area contributed by atoms with Crippen molar-refractivity contribution in [3.63, 3.8) is 0 Å². The van der Waals surface area contributed by atoms with Gasteiger partial charge in [-0.05, 0) is 43.3 Å². The van der Waals surface area contributed by atoms with Crippen LogP contribution < -0.4 is 4.80 Å². The van der Waals surface area contributed by atoms with Gasteiger partial charge >= 0.3 is 5.97 Å². The first-order chi connectivity index (χ1) is 14.2. The van der Waals surface area contributed by atoms with E-state index in [1.165, 1.54) is 54.0 Å². The van der Waals surface area contributed by atoms with Crippen molar-refractivity contribution in [1.82, 2.24) is 4.57 Å². The van der Waals surface area contributed by atoms with Crippen molar-refractivity contribution in [2.45, 2.75) is 25.3 Å². The van der Waals surface area contributed by atoms with Crippen LogP contribution in [0, 0.1) is 5.82 Å². The Morgan fingerprint density at radius 3 is 2.63 bits per heavy atom. The Labute approximate surface area is 176 Å². The highest BCUT2D eigenvalue weighted by atomic mass is 32.2. The molecule has 10 heteroatoms. The number of halogens is 1.